The number of ether oxygens (including phenoxy) is 3. The van der Waals surface area contributed by atoms with Crippen molar-refractivity contribution in [2.75, 3.05) is 44.3 Å². The van der Waals surface area contributed by atoms with E-state index in [1.807, 2.05) is 57.6 Å². The largest absolute Gasteiger partial charge is 0.481 e. The first-order chi connectivity index (χ1) is 25.7. The number of nitrogens with zero attached hydrogens (tertiary/aromatic N) is 6. The van der Waals surface area contributed by atoms with Crippen molar-refractivity contribution in [2.45, 2.75) is 116 Å². The predicted molar refractivity (Wildman–Crippen MR) is 201 cm³/mol. The highest BCUT2D eigenvalue weighted by molar-refractivity contribution is 6.05. The molecule has 10 nitrogen and oxygen atoms in total. The van der Waals surface area contributed by atoms with Gasteiger partial charge in [-0.2, -0.15) is 18.3 Å². The maximum Gasteiger partial charge on any atom is 0.422 e. The van der Waals surface area contributed by atoms with Crippen molar-refractivity contribution in [3.63, 3.8) is 0 Å². The summed E-state index contributed by atoms with van der Waals surface area (Å²) in [5, 5.41) is 6.31. The Bertz CT molecular complexity index is 2050. The Hall–Kier alpha value is -4.13. The number of hydrogen-bond donors (Lipinski definition) is 0. The summed E-state index contributed by atoms with van der Waals surface area (Å²) in [5.41, 5.74) is 3.94. The molecule has 2 aromatic carbocycles. The number of rotatable bonds is 7. The van der Waals surface area contributed by atoms with E-state index in [1.165, 1.54) is 0 Å². The van der Waals surface area contributed by atoms with Crippen LogP contribution in [-0.2, 0) is 15.9 Å². The Labute approximate surface area is 314 Å². The van der Waals surface area contributed by atoms with E-state index in [0.717, 1.165) is 84.8 Å². The van der Waals surface area contributed by atoms with Gasteiger partial charge in [0.15, 0.2) is 18.6 Å². The van der Waals surface area contributed by atoms with E-state index in [2.05, 4.69) is 11.0 Å². The van der Waals surface area contributed by atoms with Crippen LogP contribution in [0.15, 0.2) is 24.4 Å². The third kappa shape index (κ3) is 6.97. The molecule has 1 saturated carbocycles. The molecule has 3 saturated heterocycles. The summed E-state index contributed by atoms with van der Waals surface area (Å²) in [4.78, 5) is 27.1. The Kier molecular flexibility index (Phi) is 9.46. The van der Waals surface area contributed by atoms with Gasteiger partial charge in [-0.3, -0.25) is 0 Å². The summed E-state index contributed by atoms with van der Waals surface area (Å²) in [6, 6.07) is 6.11. The molecule has 1 amide bonds. The topological polar surface area (TPSA) is 94.8 Å². The molecule has 1 unspecified atom stereocenters. The van der Waals surface area contributed by atoms with Crippen LogP contribution in [-0.4, -0.2) is 81.9 Å². The number of fused-ring (bicyclic) bond motifs is 2. The Morgan fingerprint density at radius 3 is 2.39 bits per heavy atom. The number of carbonyl (C=O) groups excluding carboxylic acids is 1. The second-order valence-corrected chi connectivity index (χ2v) is 16.9. The number of piperidine rings is 1. The fourth-order valence-electron chi connectivity index (χ4n) is 8.66. The molecule has 1 atom stereocenters. The van der Waals surface area contributed by atoms with Crippen LogP contribution in [0, 0.1) is 12.3 Å². The van der Waals surface area contributed by atoms with Gasteiger partial charge in [-0.05, 0) is 108 Å². The Morgan fingerprint density at radius 1 is 1.00 bits per heavy atom. The van der Waals surface area contributed by atoms with Crippen LogP contribution < -0.4 is 9.64 Å². The standard InChI is InChI=1S/C41H51F3N6O4/c1-6-26-20-28-34(35(53-24-41(42,43)44)33(26)32-25(2)13-14-30-29(32)21-45-50(30)31-12-7-8-19-52-31)46-36(27-10-9-11-27)47-37(28)48-17-15-40(16-18-48)22-49(23-40)38(51)54-39(3,4)5/h13-14,20-21,27,31H,6-12,15-19,22-24H2,1-5H3. The molecular weight excluding hydrogens is 697 g/mol. The molecule has 4 fully saturated rings. The number of aromatic nitrogens is 4. The van der Waals surface area contributed by atoms with Crippen molar-refractivity contribution in [2.24, 2.45) is 5.41 Å². The molecular formula is C41H51F3N6O4. The van der Waals surface area contributed by atoms with Crippen LogP contribution in [0.5, 0.6) is 5.75 Å². The van der Waals surface area contributed by atoms with E-state index in [4.69, 9.17) is 29.3 Å². The van der Waals surface area contributed by atoms with Crippen molar-refractivity contribution in [1.82, 2.24) is 24.6 Å². The third-order valence-corrected chi connectivity index (χ3v) is 11.8. The lowest BCUT2D eigenvalue weighted by molar-refractivity contribution is -0.153. The summed E-state index contributed by atoms with van der Waals surface area (Å²) < 4.78 is 61.8. The van der Waals surface area contributed by atoms with E-state index >= 15 is 0 Å². The molecule has 1 spiro atoms. The highest BCUT2D eigenvalue weighted by Crippen LogP contribution is 2.49. The zero-order chi connectivity index (χ0) is 38.0. The van der Waals surface area contributed by atoms with Gasteiger partial charge in [0.05, 0.1) is 11.7 Å². The average molecular weight is 749 g/mol. The normalized spacial score (nSPS) is 20.7. The average Bonchev–Trinajstić information content (AvgIpc) is 3.52. The number of amides is 1. The van der Waals surface area contributed by atoms with Gasteiger partial charge in [-0.25, -0.2) is 19.4 Å². The molecule has 0 N–H and O–H groups in total. The first kappa shape index (κ1) is 36.8. The number of anilines is 1. The minimum Gasteiger partial charge on any atom is -0.481 e. The van der Waals surface area contributed by atoms with Crippen molar-refractivity contribution < 1.29 is 32.2 Å². The zero-order valence-electron chi connectivity index (χ0n) is 32.0. The number of hydrogen-bond acceptors (Lipinski definition) is 8. The minimum absolute atomic E-state index is 0.0130. The summed E-state index contributed by atoms with van der Waals surface area (Å²) in [5.74, 6) is 1.69. The van der Waals surface area contributed by atoms with Gasteiger partial charge in [0.1, 0.15) is 22.8 Å². The molecule has 2 aromatic heterocycles. The van der Waals surface area contributed by atoms with Gasteiger partial charge in [-0.1, -0.05) is 19.4 Å². The molecule has 4 aromatic rings. The molecule has 3 aliphatic heterocycles. The van der Waals surface area contributed by atoms with Crippen LogP contribution in [0.2, 0.25) is 0 Å². The second-order valence-electron chi connectivity index (χ2n) is 16.9. The van der Waals surface area contributed by atoms with Crippen LogP contribution >= 0.6 is 0 Å². The van der Waals surface area contributed by atoms with Gasteiger partial charge in [0.25, 0.3) is 0 Å². The fourth-order valence-corrected chi connectivity index (χ4v) is 8.66. The van der Waals surface area contributed by atoms with Crippen molar-refractivity contribution in [3.05, 3.63) is 41.3 Å². The smallest absolute Gasteiger partial charge is 0.422 e. The number of alkyl halides is 3. The molecule has 1 aliphatic carbocycles. The number of halogens is 3. The SMILES string of the molecule is CCc1cc2c(N3CCC4(CC3)CN(C(=O)OC(C)(C)C)C4)nc(C3CCC3)nc2c(OCC(F)(F)F)c1-c1c(C)ccc2c1cnn2C1CCCCO1. The van der Waals surface area contributed by atoms with Crippen LogP contribution in [0.25, 0.3) is 32.9 Å². The van der Waals surface area contributed by atoms with Gasteiger partial charge in [-0.15, -0.1) is 0 Å². The van der Waals surface area contributed by atoms with Crippen molar-refractivity contribution in [1.29, 1.82) is 0 Å². The number of aryl methyl sites for hydroxylation is 2. The van der Waals surface area contributed by atoms with E-state index in [0.29, 0.717) is 61.5 Å². The first-order valence-corrected chi connectivity index (χ1v) is 19.6. The molecule has 290 valence electrons. The summed E-state index contributed by atoms with van der Waals surface area (Å²) in [7, 11) is 0. The summed E-state index contributed by atoms with van der Waals surface area (Å²) in [6.07, 6.45) is 4.90. The van der Waals surface area contributed by atoms with Gasteiger partial charge in [0.2, 0.25) is 0 Å². The quantitative estimate of drug-likeness (QED) is 0.185. The number of carbonyl (C=O) groups is 1. The third-order valence-electron chi connectivity index (χ3n) is 11.8. The van der Waals surface area contributed by atoms with E-state index < -0.39 is 18.4 Å². The second kappa shape index (κ2) is 13.9. The van der Waals surface area contributed by atoms with Gasteiger partial charge in [0, 0.05) is 60.5 Å². The summed E-state index contributed by atoms with van der Waals surface area (Å²) >= 11 is 0. The Balaban J connectivity index is 1.23. The number of benzene rings is 2. The monoisotopic (exact) mass is 748 g/mol. The molecule has 0 bridgehead atoms. The van der Waals surface area contributed by atoms with Crippen LogP contribution in [0.1, 0.15) is 108 Å². The van der Waals surface area contributed by atoms with Crippen molar-refractivity contribution in [3.8, 4) is 16.9 Å². The molecule has 4 aliphatic rings. The van der Waals surface area contributed by atoms with Crippen molar-refractivity contribution >= 4 is 33.7 Å². The minimum atomic E-state index is -4.56. The first-order valence-electron chi connectivity index (χ1n) is 19.6. The fraction of sp³-hybridized carbons (Fsp3) is 0.610. The van der Waals surface area contributed by atoms with Crippen LogP contribution in [0.3, 0.4) is 0 Å². The van der Waals surface area contributed by atoms with Gasteiger partial charge >= 0.3 is 12.3 Å². The molecule has 5 heterocycles. The highest BCUT2D eigenvalue weighted by Gasteiger charge is 2.48. The summed E-state index contributed by atoms with van der Waals surface area (Å²) in [6.45, 7) is 11.6. The van der Waals surface area contributed by atoms with E-state index in [9.17, 15) is 18.0 Å². The Morgan fingerprint density at radius 2 is 1.76 bits per heavy atom. The van der Waals surface area contributed by atoms with Crippen LogP contribution in [0.4, 0.5) is 23.8 Å². The highest BCUT2D eigenvalue weighted by atomic mass is 19.4. The maximum atomic E-state index is 14.1. The van der Waals surface area contributed by atoms with Gasteiger partial charge < -0.3 is 24.0 Å². The zero-order valence-corrected chi connectivity index (χ0v) is 32.0. The molecule has 13 heteroatoms. The lowest BCUT2D eigenvalue weighted by Crippen LogP contribution is -2.62. The maximum absolute atomic E-state index is 14.1. The lowest BCUT2D eigenvalue weighted by Gasteiger charge is -2.53. The lowest BCUT2D eigenvalue weighted by atomic mass is 9.72. The molecule has 54 heavy (non-hydrogen) atoms. The van der Waals surface area contributed by atoms with E-state index in [-0.39, 0.29) is 29.4 Å². The predicted octanol–water partition coefficient (Wildman–Crippen LogP) is 9.26. The number of likely N-dealkylation sites (tertiary alicyclic amines) is 1. The molecule has 8 rings (SSSR count). The molecule has 0 radical (unpaired) electrons. The van der Waals surface area contributed by atoms with E-state index in [1.54, 1.807) is 4.90 Å².